The lowest BCUT2D eigenvalue weighted by molar-refractivity contribution is -0.115. The number of ketones is 1. The number of carbonyl (C=O) groups is 1. The van der Waals surface area contributed by atoms with Gasteiger partial charge in [0.05, 0.1) is 5.25 Å². The van der Waals surface area contributed by atoms with Crippen molar-refractivity contribution in [2.45, 2.75) is 38.4 Å². The van der Waals surface area contributed by atoms with Crippen molar-refractivity contribution < 1.29 is 17.8 Å². The van der Waals surface area contributed by atoms with Crippen LogP contribution in [0.25, 0.3) is 0 Å². The number of allylic oxidation sites excluding steroid dienone is 1. The minimum atomic E-state index is -3.95. The Hall–Kier alpha value is -0.680. The summed E-state index contributed by atoms with van der Waals surface area (Å²) in [7, 11) is -3.95. The Morgan fingerprint density at radius 3 is 2.36 bits per heavy atom. The Balaban J connectivity index is 3.87. The number of rotatable bonds is 6. The van der Waals surface area contributed by atoms with Gasteiger partial charge in [-0.1, -0.05) is 6.58 Å². The molecule has 0 aliphatic rings. The number of carbonyl (C=O) groups excluding carboxylic acids is 1. The van der Waals surface area contributed by atoms with Crippen LogP contribution in [-0.4, -0.2) is 24.0 Å². The molecule has 0 saturated heterocycles. The fraction of sp³-hybridized carbons (Fsp3) is 0.667. The second-order valence-corrected chi connectivity index (χ2v) is 5.26. The van der Waals surface area contributed by atoms with Gasteiger partial charge in [-0.2, -0.15) is 8.42 Å². The third kappa shape index (κ3) is 5.14. The normalized spacial score (nSPS) is 13.6. The molecule has 0 fully saturated rings. The van der Waals surface area contributed by atoms with Crippen LogP contribution >= 0.6 is 0 Å². The topological polar surface area (TPSA) is 71.4 Å². The Morgan fingerprint density at radius 2 is 2.00 bits per heavy atom. The molecule has 1 N–H and O–H groups in total. The van der Waals surface area contributed by atoms with E-state index in [-0.39, 0.29) is 18.6 Å². The Labute approximate surface area is 84.8 Å². The van der Waals surface area contributed by atoms with Crippen LogP contribution in [0.5, 0.6) is 0 Å². The smallest absolute Gasteiger partial charge is 0.267 e. The average molecular weight is 220 g/mol. The van der Waals surface area contributed by atoms with E-state index in [1.807, 2.05) is 0 Å². The Bertz CT molecular complexity index is 316. The zero-order chi connectivity index (χ0) is 11.4. The van der Waals surface area contributed by atoms with Crippen molar-refractivity contribution >= 4 is 15.9 Å². The molecule has 0 bridgehead atoms. The van der Waals surface area contributed by atoms with Crippen LogP contribution < -0.4 is 0 Å². The van der Waals surface area contributed by atoms with E-state index in [0.717, 1.165) is 0 Å². The standard InChI is InChI=1S/C9H16O4S/c1-7(2)9(10)6-4-5-8(3)14(11,12)13/h8H,1,4-6H2,2-3H3,(H,11,12,13). The maximum Gasteiger partial charge on any atom is 0.267 e. The van der Waals surface area contributed by atoms with Crippen molar-refractivity contribution in [3.63, 3.8) is 0 Å². The molecule has 0 amide bonds. The maximum absolute atomic E-state index is 11.1. The molecular formula is C9H16O4S. The molecule has 0 radical (unpaired) electrons. The maximum atomic E-state index is 11.1. The van der Waals surface area contributed by atoms with Gasteiger partial charge in [0.1, 0.15) is 0 Å². The molecule has 0 aromatic rings. The highest BCUT2D eigenvalue weighted by Gasteiger charge is 2.16. The van der Waals surface area contributed by atoms with E-state index in [1.54, 1.807) is 6.92 Å². The van der Waals surface area contributed by atoms with Gasteiger partial charge in [-0.15, -0.1) is 0 Å². The molecule has 14 heavy (non-hydrogen) atoms. The summed E-state index contributed by atoms with van der Waals surface area (Å²) in [5.74, 6) is -0.0625. The first-order valence-corrected chi connectivity index (χ1v) is 5.90. The van der Waals surface area contributed by atoms with Gasteiger partial charge in [-0.3, -0.25) is 9.35 Å². The quantitative estimate of drug-likeness (QED) is 0.545. The summed E-state index contributed by atoms with van der Waals surface area (Å²) in [5, 5.41) is -0.805. The summed E-state index contributed by atoms with van der Waals surface area (Å²) in [5.41, 5.74) is 0.476. The van der Waals surface area contributed by atoms with E-state index in [1.165, 1.54) is 6.92 Å². The van der Waals surface area contributed by atoms with Crippen molar-refractivity contribution in [1.82, 2.24) is 0 Å². The highest BCUT2D eigenvalue weighted by atomic mass is 32.2. The fourth-order valence-electron chi connectivity index (χ4n) is 0.912. The van der Waals surface area contributed by atoms with Gasteiger partial charge in [-0.25, -0.2) is 0 Å². The largest absolute Gasteiger partial charge is 0.295 e. The summed E-state index contributed by atoms with van der Waals surface area (Å²) >= 11 is 0. The lowest BCUT2D eigenvalue weighted by atomic mass is 10.1. The van der Waals surface area contributed by atoms with Gasteiger partial charge in [-0.05, 0) is 32.3 Å². The van der Waals surface area contributed by atoms with Crippen LogP contribution in [0.4, 0.5) is 0 Å². The van der Waals surface area contributed by atoms with Crippen molar-refractivity contribution in [3.8, 4) is 0 Å². The minimum Gasteiger partial charge on any atom is -0.295 e. The molecule has 1 unspecified atom stereocenters. The molecule has 0 spiro atoms. The third-order valence-electron chi connectivity index (χ3n) is 2.00. The predicted octanol–water partition coefficient (Wildman–Crippen LogP) is 1.58. The molecule has 5 heteroatoms. The zero-order valence-electron chi connectivity index (χ0n) is 8.49. The predicted molar refractivity (Wildman–Crippen MR) is 54.7 cm³/mol. The molecule has 0 aromatic carbocycles. The molecule has 0 aromatic heterocycles. The molecule has 0 aliphatic carbocycles. The van der Waals surface area contributed by atoms with Gasteiger partial charge in [0.2, 0.25) is 0 Å². The first kappa shape index (κ1) is 13.3. The molecule has 4 nitrogen and oxygen atoms in total. The Kier molecular flexibility index (Phi) is 5.01. The number of hydrogen-bond acceptors (Lipinski definition) is 3. The molecule has 0 heterocycles. The summed E-state index contributed by atoms with van der Waals surface area (Å²) in [4.78, 5) is 11.1. The third-order valence-corrected chi connectivity index (χ3v) is 3.25. The first-order chi connectivity index (χ1) is 6.25. The molecule has 1 atom stereocenters. The van der Waals surface area contributed by atoms with Crippen LogP contribution in [0, 0.1) is 0 Å². The molecule has 0 rings (SSSR count). The van der Waals surface area contributed by atoms with E-state index in [0.29, 0.717) is 12.0 Å². The van der Waals surface area contributed by atoms with Crippen LogP contribution in [0.15, 0.2) is 12.2 Å². The average Bonchev–Trinajstić information content (AvgIpc) is 2.01. The lowest BCUT2D eigenvalue weighted by Crippen LogP contribution is -2.16. The molecule has 0 aliphatic heterocycles. The van der Waals surface area contributed by atoms with Crippen molar-refractivity contribution in [3.05, 3.63) is 12.2 Å². The van der Waals surface area contributed by atoms with Gasteiger partial charge in [0, 0.05) is 6.42 Å². The SMILES string of the molecule is C=C(C)C(=O)CCCC(C)S(=O)(=O)O. The van der Waals surface area contributed by atoms with Gasteiger partial charge in [0.15, 0.2) is 5.78 Å². The number of hydrogen-bond donors (Lipinski definition) is 1. The minimum absolute atomic E-state index is 0.0625. The molecule has 82 valence electrons. The second kappa shape index (κ2) is 5.26. The van der Waals surface area contributed by atoms with E-state index in [4.69, 9.17) is 4.55 Å². The van der Waals surface area contributed by atoms with Gasteiger partial charge in [0.25, 0.3) is 10.1 Å². The van der Waals surface area contributed by atoms with Crippen LogP contribution in [0.1, 0.15) is 33.1 Å². The monoisotopic (exact) mass is 220 g/mol. The van der Waals surface area contributed by atoms with Crippen LogP contribution in [-0.2, 0) is 14.9 Å². The van der Waals surface area contributed by atoms with E-state index in [2.05, 4.69) is 6.58 Å². The van der Waals surface area contributed by atoms with Crippen molar-refractivity contribution in [2.24, 2.45) is 0 Å². The lowest BCUT2D eigenvalue weighted by Gasteiger charge is -2.06. The fourth-order valence-corrected chi connectivity index (χ4v) is 1.38. The van der Waals surface area contributed by atoms with E-state index < -0.39 is 15.4 Å². The summed E-state index contributed by atoms with van der Waals surface area (Å²) in [6.07, 6.45) is 1.03. The van der Waals surface area contributed by atoms with Crippen molar-refractivity contribution in [1.29, 1.82) is 0 Å². The zero-order valence-corrected chi connectivity index (χ0v) is 9.30. The van der Waals surface area contributed by atoms with Gasteiger partial charge < -0.3 is 0 Å². The summed E-state index contributed by atoms with van der Waals surface area (Å²) in [6.45, 7) is 6.52. The van der Waals surface area contributed by atoms with Crippen LogP contribution in [0.3, 0.4) is 0 Å². The molecule has 0 saturated carbocycles. The van der Waals surface area contributed by atoms with E-state index >= 15 is 0 Å². The highest BCUT2D eigenvalue weighted by molar-refractivity contribution is 7.86. The van der Waals surface area contributed by atoms with E-state index in [9.17, 15) is 13.2 Å². The summed E-state index contributed by atoms with van der Waals surface area (Å²) in [6, 6.07) is 0. The van der Waals surface area contributed by atoms with Crippen LogP contribution in [0.2, 0.25) is 0 Å². The second-order valence-electron chi connectivity index (χ2n) is 3.42. The Morgan fingerprint density at radius 1 is 1.50 bits per heavy atom. The molecular weight excluding hydrogens is 204 g/mol. The highest BCUT2D eigenvalue weighted by Crippen LogP contribution is 2.09. The van der Waals surface area contributed by atoms with Gasteiger partial charge >= 0.3 is 0 Å². The first-order valence-electron chi connectivity index (χ1n) is 4.40. The van der Waals surface area contributed by atoms with Crippen molar-refractivity contribution in [2.75, 3.05) is 0 Å². The summed E-state index contributed by atoms with van der Waals surface area (Å²) < 4.78 is 29.8. The number of Topliss-reactive ketones (excluding diaryl/α,β-unsaturated/α-hetero) is 1.